The van der Waals surface area contributed by atoms with Gasteiger partial charge in [-0.25, -0.2) is 8.42 Å². The Balaban J connectivity index is 1.57. The molecule has 1 saturated heterocycles. The number of anilines is 1. The molecule has 2 aromatic rings. The molecule has 30 heavy (non-hydrogen) atoms. The Kier molecular flexibility index (Phi) is 6.92. The summed E-state index contributed by atoms with van der Waals surface area (Å²) in [5.41, 5.74) is 0.549. The highest BCUT2D eigenvalue weighted by molar-refractivity contribution is 7.89. The predicted molar refractivity (Wildman–Crippen MR) is 113 cm³/mol. The van der Waals surface area contributed by atoms with Gasteiger partial charge in [0, 0.05) is 37.5 Å². The van der Waals surface area contributed by atoms with E-state index in [0.717, 1.165) is 6.42 Å². The molecule has 1 amide bonds. The summed E-state index contributed by atoms with van der Waals surface area (Å²) in [5.74, 6) is 1.71. The van der Waals surface area contributed by atoms with Crippen LogP contribution in [0.5, 0.6) is 0 Å². The first-order valence-electron chi connectivity index (χ1n) is 10.4. The fourth-order valence-electron chi connectivity index (χ4n) is 3.71. The maximum Gasteiger partial charge on any atom is 0.243 e. The van der Waals surface area contributed by atoms with Gasteiger partial charge in [0.25, 0.3) is 0 Å². The van der Waals surface area contributed by atoms with Gasteiger partial charge < -0.3 is 9.84 Å². The second kappa shape index (κ2) is 9.26. The van der Waals surface area contributed by atoms with Crippen molar-refractivity contribution in [3.63, 3.8) is 0 Å². The lowest BCUT2D eigenvalue weighted by Gasteiger charge is -2.34. The van der Waals surface area contributed by atoms with Gasteiger partial charge in [-0.1, -0.05) is 32.9 Å². The number of rotatable bonds is 7. The Labute approximate surface area is 178 Å². The van der Waals surface area contributed by atoms with E-state index >= 15 is 0 Å². The van der Waals surface area contributed by atoms with Crippen LogP contribution in [0.25, 0.3) is 0 Å². The highest BCUT2D eigenvalue weighted by Crippen LogP contribution is 2.27. The first-order chi connectivity index (χ1) is 14.1. The lowest BCUT2D eigenvalue weighted by atomic mass is 9.94. The van der Waals surface area contributed by atoms with E-state index in [0.29, 0.717) is 48.7 Å². The van der Waals surface area contributed by atoms with Gasteiger partial charge in [0.2, 0.25) is 21.8 Å². The van der Waals surface area contributed by atoms with E-state index in [4.69, 9.17) is 4.52 Å². The van der Waals surface area contributed by atoms with Crippen LogP contribution in [-0.4, -0.2) is 41.9 Å². The van der Waals surface area contributed by atoms with Crippen LogP contribution in [0, 0.1) is 11.8 Å². The van der Waals surface area contributed by atoms with Crippen LogP contribution in [0.2, 0.25) is 0 Å². The maximum atomic E-state index is 12.9. The maximum absolute atomic E-state index is 12.9. The molecule has 2 unspecified atom stereocenters. The zero-order valence-corrected chi connectivity index (χ0v) is 18.8. The Morgan fingerprint density at radius 2 is 1.83 bits per heavy atom. The molecule has 9 heteroatoms. The Morgan fingerprint density at radius 3 is 2.40 bits per heavy atom. The van der Waals surface area contributed by atoms with E-state index in [1.165, 1.54) is 0 Å². The SMILES string of the molecule is CC1CC(C)CN(S(=O)(=O)c2ccc(NC(=O)CCc3nc(C(C)C)no3)cc2)C1. The van der Waals surface area contributed by atoms with Crippen LogP contribution in [0.15, 0.2) is 33.7 Å². The number of piperidine rings is 1. The van der Waals surface area contributed by atoms with Gasteiger partial charge in [-0.3, -0.25) is 4.79 Å². The Bertz CT molecular complexity index is 959. The quantitative estimate of drug-likeness (QED) is 0.716. The molecular formula is C21H30N4O4S. The lowest BCUT2D eigenvalue weighted by molar-refractivity contribution is -0.116. The van der Waals surface area contributed by atoms with Gasteiger partial charge in [-0.05, 0) is 42.5 Å². The number of amides is 1. The second-order valence-corrected chi connectivity index (χ2v) is 10.5. The molecular weight excluding hydrogens is 404 g/mol. The minimum Gasteiger partial charge on any atom is -0.339 e. The molecule has 1 aromatic carbocycles. The van der Waals surface area contributed by atoms with Gasteiger partial charge in [0.1, 0.15) is 0 Å². The number of aromatic nitrogens is 2. The molecule has 3 rings (SSSR count). The van der Waals surface area contributed by atoms with Crippen LogP contribution in [0.1, 0.15) is 58.2 Å². The summed E-state index contributed by atoms with van der Waals surface area (Å²) in [7, 11) is -3.53. The topological polar surface area (TPSA) is 105 Å². The third-order valence-corrected chi connectivity index (χ3v) is 7.02. The van der Waals surface area contributed by atoms with Crippen LogP contribution >= 0.6 is 0 Å². The normalized spacial score (nSPS) is 20.4. The van der Waals surface area contributed by atoms with E-state index in [1.807, 2.05) is 13.8 Å². The number of nitrogens with zero attached hydrogens (tertiary/aromatic N) is 3. The third-order valence-electron chi connectivity index (χ3n) is 5.18. The van der Waals surface area contributed by atoms with Crippen molar-refractivity contribution in [1.82, 2.24) is 14.4 Å². The summed E-state index contributed by atoms with van der Waals surface area (Å²) >= 11 is 0. The predicted octanol–water partition coefficient (Wildman–Crippen LogP) is 3.43. The zero-order valence-electron chi connectivity index (χ0n) is 18.0. The van der Waals surface area contributed by atoms with Crippen molar-refractivity contribution in [3.05, 3.63) is 36.0 Å². The van der Waals surface area contributed by atoms with E-state index in [9.17, 15) is 13.2 Å². The van der Waals surface area contributed by atoms with Gasteiger partial charge in [-0.15, -0.1) is 0 Å². The van der Waals surface area contributed by atoms with Gasteiger partial charge >= 0.3 is 0 Å². The highest BCUT2D eigenvalue weighted by Gasteiger charge is 2.31. The van der Waals surface area contributed by atoms with Crippen molar-refractivity contribution in [2.45, 2.75) is 57.8 Å². The second-order valence-electron chi connectivity index (χ2n) is 8.54. The van der Waals surface area contributed by atoms with E-state index in [2.05, 4.69) is 29.3 Å². The molecule has 2 atom stereocenters. The molecule has 1 aliphatic rings. The summed E-state index contributed by atoms with van der Waals surface area (Å²) in [6.07, 6.45) is 1.59. The molecule has 0 spiro atoms. The highest BCUT2D eigenvalue weighted by atomic mass is 32.2. The van der Waals surface area contributed by atoms with Gasteiger partial charge in [0.05, 0.1) is 4.90 Å². The van der Waals surface area contributed by atoms with E-state index in [-0.39, 0.29) is 23.1 Å². The Morgan fingerprint density at radius 1 is 1.20 bits per heavy atom. The lowest BCUT2D eigenvalue weighted by Crippen LogP contribution is -2.42. The summed E-state index contributed by atoms with van der Waals surface area (Å²) in [5, 5.41) is 6.66. The number of aryl methyl sites for hydroxylation is 1. The molecule has 0 aliphatic carbocycles. The molecule has 0 saturated carbocycles. The monoisotopic (exact) mass is 434 g/mol. The van der Waals surface area contributed by atoms with Gasteiger partial charge in [-0.2, -0.15) is 9.29 Å². The molecule has 1 N–H and O–H groups in total. The van der Waals surface area contributed by atoms with Crippen molar-refractivity contribution < 1.29 is 17.7 Å². The summed E-state index contributed by atoms with van der Waals surface area (Å²) < 4.78 is 32.6. The number of carbonyl (C=O) groups excluding carboxylic acids is 1. The van der Waals surface area contributed by atoms with Crippen LogP contribution < -0.4 is 5.32 Å². The van der Waals surface area contributed by atoms with E-state index in [1.54, 1.807) is 28.6 Å². The van der Waals surface area contributed by atoms with Crippen LogP contribution in [0.4, 0.5) is 5.69 Å². The van der Waals surface area contributed by atoms with Crippen molar-refractivity contribution in [2.24, 2.45) is 11.8 Å². The molecule has 1 fully saturated rings. The largest absolute Gasteiger partial charge is 0.339 e. The Hall–Kier alpha value is -2.26. The molecule has 164 valence electrons. The average Bonchev–Trinajstić information content (AvgIpc) is 3.15. The van der Waals surface area contributed by atoms with Gasteiger partial charge in [0.15, 0.2) is 5.82 Å². The zero-order chi connectivity index (χ0) is 21.9. The molecule has 1 aromatic heterocycles. The number of nitrogens with one attached hydrogen (secondary N) is 1. The molecule has 1 aliphatic heterocycles. The first-order valence-corrected chi connectivity index (χ1v) is 11.8. The standard InChI is InChI=1S/C21H30N4O4S/c1-14(2)21-23-20(29-24-21)10-9-19(26)22-17-5-7-18(8-6-17)30(27,28)25-12-15(3)11-16(4)13-25/h5-8,14-16H,9-13H2,1-4H3,(H,22,26). The minimum absolute atomic E-state index is 0.169. The summed E-state index contributed by atoms with van der Waals surface area (Å²) in [6, 6.07) is 6.32. The number of hydrogen-bond donors (Lipinski definition) is 1. The van der Waals surface area contributed by atoms with Crippen molar-refractivity contribution in [1.29, 1.82) is 0 Å². The van der Waals surface area contributed by atoms with Crippen LogP contribution in [-0.2, 0) is 21.2 Å². The minimum atomic E-state index is -3.53. The smallest absolute Gasteiger partial charge is 0.243 e. The number of benzene rings is 1. The number of hydrogen-bond acceptors (Lipinski definition) is 6. The molecule has 8 nitrogen and oxygen atoms in total. The van der Waals surface area contributed by atoms with Crippen molar-refractivity contribution >= 4 is 21.6 Å². The van der Waals surface area contributed by atoms with Crippen molar-refractivity contribution in [3.8, 4) is 0 Å². The molecule has 2 heterocycles. The number of sulfonamides is 1. The van der Waals surface area contributed by atoms with Crippen LogP contribution in [0.3, 0.4) is 0 Å². The fourth-order valence-corrected chi connectivity index (χ4v) is 5.39. The summed E-state index contributed by atoms with van der Waals surface area (Å²) in [4.78, 5) is 16.7. The van der Waals surface area contributed by atoms with Crippen molar-refractivity contribution in [2.75, 3.05) is 18.4 Å². The third kappa shape index (κ3) is 5.46. The average molecular weight is 435 g/mol. The molecule has 0 bridgehead atoms. The molecule has 0 radical (unpaired) electrons. The first kappa shape index (κ1) is 22.4. The summed E-state index contributed by atoms with van der Waals surface area (Å²) in [6.45, 7) is 9.18. The number of carbonyl (C=O) groups is 1. The van der Waals surface area contributed by atoms with E-state index < -0.39 is 10.0 Å². The fraction of sp³-hybridized carbons (Fsp3) is 0.571.